The van der Waals surface area contributed by atoms with E-state index in [1.807, 2.05) is 12.3 Å². The number of pyridine rings is 1. The SMILES string of the molecule is CN1CCN(C)C(CC(O)C2CCCc3cccnc32)C1. The predicted molar refractivity (Wildman–Crippen MR) is 84.5 cm³/mol. The van der Waals surface area contributed by atoms with Crippen molar-refractivity contribution in [3.63, 3.8) is 0 Å². The number of hydrogen-bond acceptors (Lipinski definition) is 4. The van der Waals surface area contributed by atoms with E-state index in [9.17, 15) is 5.11 Å². The number of aliphatic hydroxyl groups is 1. The number of aliphatic hydroxyl groups excluding tert-OH is 1. The molecule has 2 heterocycles. The van der Waals surface area contributed by atoms with Gasteiger partial charge in [0.15, 0.2) is 0 Å². The van der Waals surface area contributed by atoms with Gasteiger partial charge in [-0.1, -0.05) is 6.07 Å². The molecule has 4 nitrogen and oxygen atoms in total. The van der Waals surface area contributed by atoms with E-state index < -0.39 is 0 Å². The molecule has 2 aliphatic rings. The summed E-state index contributed by atoms with van der Waals surface area (Å²) < 4.78 is 0. The van der Waals surface area contributed by atoms with Gasteiger partial charge in [-0.25, -0.2) is 0 Å². The van der Waals surface area contributed by atoms with Crippen LogP contribution in [0.4, 0.5) is 0 Å². The van der Waals surface area contributed by atoms with Crippen LogP contribution in [0.25, 0.3) is 0 Å². The normalized spacial score (nSPS) is 29.1. The molecule has 1 aromatic rings. The second-order valence-corrected chi connectivity index (χ2v) is 6.75. The summed E-state index contributed by atoms with van der Waals surface area (Å²) in [5.74, 6) is 0.218. The van der Waals surface area contributed by atoms with E-state index in [-0.39, 0.29) is 12.0 Å². The molecule has 0 aromatic carbocycles. The maximum Gasteiger partial charge on any atom is 0.0639 e. The molecule has 116 valence electrons. The zero-order valence-electron chi connectivity index (χ0n) is 13.2. The van der Waals surface area contributed by atoms with Crippen molar-refractivity contribution < 1.29 is 5.11 Å². The fourth-order valence-corrected chi connectivity index (χ4v) is 3.82. The number of aryl methyl sites for hydroxylation is 1. The van der Waals surface area contributed by atoms with Crippen LogP contribution in [0.3, 0.4) is 0 Å². The number of nitrogens with zero attached hydrogens (tertiary/aromatic N) is 3. The van der Waals surface area contributed by atoms with Gasteiger partial charge in [0.1, 0.15) is 0 Å². The van der Waals surface area contributed by atoms with Gasteiger partial charge in [0.25, 0.3) is 0 Å². The van der Waals surface area contributed by atoms with E-state index in [0.29, 0.717) is 6.04 Å². The van der Waals surface area contributed by atoms with Crippen molar-refractivity contribution in [3.05, 3.63) is 29.6 Å². The second kappa shape index (κ2) is 6.42. The zero-order valence-corrected chi connectivity index (χ0v) is 13.2. The van der Waals surface area contributed by atoms with Crippen LogP contribution in [0.1, 0.15) is 36.4 Å². The summed E-state index contributed by atoms with van der Waals surface area (Å²) in [7, 11) is 4.35. The minimum absolute atomic E-state index is 0.218. The highest BCUT2D eigenvalue weighted by Gasteiger charge is 2.32. The Hall–Kier alpha value is -0.970. The van der Waals surface area contributed by atoms with Crippen LogP contribution in [-0.4, -0.2) is 65.8 Å². The van der Waals surface area contributed by atoms with Gasteiger partial charge in [-0.2, -0.15) is 0 Å². The van der Waals surface area contributed by atoms with Gasteiger partial charge < -0.3 is 14.9 Å². The molecule has 4 heteroatoms. The summed E-state index contributed by atoms with van der Waals surface area (Å²) in [6.45, 7) is 3.26. The number of aromatic nitrogens is 1. The topological polar surface area (TPSA) is 39.6 Å². The molecule has 0 amide bonds. The minimum atomic E-state index is -0.280. The van der Waals surface area contributed by atoms with Crippen LogP contribution < -0.4 is 0 Å². The first-order valence-electron chi connectivity index (χ1n) is 8.16. The fraction of sp³-hybridized carbons (Fsp3) is 0.706. The second-order valence-electron chi connectivity index (χ2n) is 6.75. The molecule has 0 saturated carbocycles. The molecule has 1 fully saturated rings. The van der Waals surface area contributed by atoms with E-state index in [4.69, 9.17) is 0 Å². The lowest BCUT2D eigenvalue weighted by atomic mass is 9.81. The van der Waals surface area contributed by atoms with Crippen LogP contribution >= 0.6 is 0 Å². The van der Waals surface area contributed by atoms with Gasteiger partial charge in [0.2, 0.25) is 0 Å². The Morgan fingerprint density at radius 1 is 1.38 bits per heavy atom. The Balaban J connectivity index is 1.70. The average molecular weight is 289 g/mol. The molecule has 21 heavy (non-hydrogen) atoms. The van der Waals surface area contributed by atoms with Crippen LogP contribution in [0, 0.1) is 0 Å². The first-order chi connectivity index (χ1) is 10.1. The summed E-state index contributed by atoms with van der Waals surface area (Å²) >= 11 is 0. The maximum atomic E-state index is 10.8. The standard InChI is InChI=1S/C17H27N3O/c1-19-9-10-20(2)14(12-19)11-16(21)15-7-3-5-13-6-4-8-18-17(13)15/h4,6,8,14-16,21H,3,5,7,9-12H2,1-2H3. The summed E-state index contributed by atoms with van der Waals surface area (Å²) in [5, 5.41) is 10.8. The third-order valence-corrected chi connectivity index (χ3v) is 5.20. The number of hydrogen-bond donors (Lipinski definition) is 1. The van der Waals surface area contributed by atoms with Crippen LogP contribution in [0.2, 0.25) is 0 Å². The molecular weight excluding hydrogens is 262 g/mol. The van der Waals surface area contributed by atoms with Crippen molar-refractivity contribution >= 4 is 0 Å². The highest BCUT2D eigenvalue weighted by molar-refractivity contribution is 5.27. The number of likely N-dealkylation sites (N-methyl/N-ethyl adjacent to an activating group) is 2. The first-order valence-corrected chi connectivity index (χ1v) is 8.16. The Bertz CT molecular complexity index is 479. The van der Waals surface area contributed by atoms with Crippen molar-refractivity contribution in [2.45, 2.75) is 43.7 Å². The summed E-state index contributed by atoms with van der Waals surface area (Å²) in [6.07, 6.45) is 5.78. The Kier molecular flexibility index (Phi) is 4.57. The number of fused-ring (bicyclic) bond motifs is 1. The minimum Gasteiger partial charge on any atom is -0.392 e. The highest BCUT2D eigenvalue weighted by Crippen LogP contribution is 2.34. The first kappa shape index (κ1) is 14.9. The lowest BCUT2D eigenvalue weighted by Gasteiger charge is -2.40. The molecule has 1 saturated heterocycles. The average Bonchev–Trinajstić information content (AvgIpc) is 2.50. The zero-order chi connectivity index (χ0) is 14.8. The largest absolute Gasteiger partial charge is 0.392 e. The summed E-state index contributed by atoms with van der Waals surface area (Å²) in [4.78, 5) is 9.32. The third kappa shape index (κ3) is 3.28. The van der Waals surface area contributed by atoms with Crippen molar-refractivity contribution in [1.29, 1.82) is 0 Å². The molecule has 0 radical (unpaired) electrons. The van der Waals surface area contributed by atoms with Crippen molar-refractivity contribution in [2.75, 3.05) is 33.7 Å². The quantitative estimate of drug-likeness (QED) is 0.915. The lowest BCUT2D eigenvalue weighted by Crippen LogP contribution is -2.51. The summed E-state index contributed by atoms with van der Waals surface area (Å²) in [6, 6.07) is 4.63. The third-order valence-electron chi connectivity index (χ3n) is 5.20. The van der Waals surface area contributed by atoms with Crippen molar-refractivity contribution in [1.82, 2.24) is 14.8 Å². The molecule has 1 aliphatic carbocycles. The monoisotopic (exact) mass is 289 g/mol. The molecule has 1 N–H and O–H groups in total. The number of rotatable bonds is 3. The van der Waals surface area contributed by atoms with E-state index in [1.54, 1.807) is 0 Å². The molecular formula is C17H27N3O. The summed E-state index contributed by atoms with van der Waals surface area (Å²) in [5.41, 5.74) is 2.48. The van der Waals surface area contributed by atoms with Crippen LogP contribution in [-0.2, 0) is 6.42 Å². The molecule has 1 aliphatic heterocycles. The van der Waals surface area contributed by atoms with Gasteiger partial charge in [-0.3, -0.25) is 4.98 Å². The highest BCUT2D eigenvalue weighted by atomic mass is 16.3. The predicted octanol–water partition coefficient (Wildman–Crippen LogP) is 1.50. The van der Waals surface area contributed by atoms with E-state index in [0.717, 1.165) is 44.6 Å². The Labute approximate surface area is 127 Å². The molecule has 3 atom stereocenters. The van der Waals surface area contributed by atoms with Gasteiger partial charge in [0, 0.05) is 43.5 Å². The van der Waals surface area contributed by atoms with Gasteiger partial charge in [-0.15, -0.1) is 0 Å². The maximum absolute atomic E-state index is 10.8. The molecule has 0 bridgehead atoms. The lowest BCUT2D eigenvalue weighted by molar-refractivity contribution is 0.0487. The molecule has 3 rings (SSSR count). The number of piperazine rings is 1. The smallest absolute Gasteiger partial charge is 0.0639 e. The fourth-order valence-electron chi connectivity index (χ4n) is 3.82. The van der Waals surface area contributed by atoms with E-state index in [1.165, 1.54) is 12.0 Å². The van der Waals surface area contributed by atoms with Crippen LogP contribution in [0.15, 0.2) is 18.3 Å². The van der Waals surface area contributed by atoms with E-state index >= 15 is 0 Å². The van der Waals surface area contributed by atoms with E-state index in [2.05, 4.69) is 34.9 Å². The van der Waals surface area contributed by atoms with Crippen molar-refractivity contribution in [2.24, 2.45) is 0 Å². The Morgan fingerprint density at radius 2 is 2.24 bits per heavy atom. The van der Waals surface area contributed by atoms with Gasteiger partial charge in [0.05, 0.1) is 6.10 Å². The van der Waals surface area contributed by atoms with Gasteiger partial charge in [-0.05, 0) is 51.4 Å². The van der Waals surface area contributed by atoms with Crippen molar-refractivity contribution in [3.8, 4) is 0 Å². The molecule has 1 aromatic heterocycles. The Morgan fingerprint density at radius 3 is 3.10 bits per heavy atom. The van der Waals surface area contributed by atoms with Crippen LogP contribution in [0.5, 0.6) is 0 Å². The molecule has 0 spiro atoms. The van der Waals surface area contributed by atoms with Gasteiger partial charge >= 0.3 is 0 Å². The molecule has 3 unspecified atom stereocenters.